The Morgan fingerprint density at radius 3 is 2.55 bits per heavy atom. The lowest BCUT2D eigenvalue weighted by Crippen LogP contribution is -2.50. The Hall–Kier alpha value is -1.35. The van der Waals surface area contributed by atoms with Crippen LogP contribution in [-0.4, -0.2) is 29.9 Å². The van der Waals surface area contributed by atoms with Gasteiger partial charge >= 0.3 is 0 Å². The van der Waals surface area contributed by atoms with Crippen LogP contribution in [0.2, 0.25) is 0 Å². The number of rotatable bonds is 4. The largest absolute Gasteiger partial charge is 0.342 e. The highest BCUT2D eigenvalue weighted by atomic mass is 16.2. The standard InChI is InChI=1S/C19H30N2O/c1-5-15-8-10-17(11-9-15)19(3,4)18(22)21-12-6-7-16(13-21)14(2)20/h8-11,14,16H,5-7,12-13,20H2,1-4H3. The number of carbonyl (C=O) groups excluding carboxylic acids is 1. The fraction of sp³-hybridized carbons (Fsp3) is 0.632. The van der Waals surface area contributed by atoms with Gasteiger partial charge in [0.1, 0.15) is 0 Å². The number of hydrogen-bond acceptors (Lipinski definition) is 2. The van der Waals surface area contributed by atoms with Crippen molar-refractivity contribution < 1.29 is 4.79 Å². The molecule has 0 aromatic heterocycles. The predicted molar refractivity (Wildman–Crippen MR) is 91.8 cm³/mol. The fourth-order valence-electron chi connectivity index (χ4n) is 3.30. The van der Waals surface area contributed by atoms with Gasteiger partial charge in [0.2, 0.25) is 5.91 Å². The van der Waals surface area contributed by atoms with Gasteiger partial charge in [0.15, 0.2) is 0 Å². The average Bonchev–Trinajstić information content (AvgIpc) is 2.54. The molecule has 1 heterocycles. The molecular formula is C19H30N2O. The number of benzene rings is 1. The minimum absolute atomic E-state index is 0.155. The van der Waals surface area contributed by atoms with E-state index < -0.39 is 5.41 Å². The molecule has 1 fully saturated rings. The summed E-state index contributed by atoms with van der Waals surface area (Å²) in [6.07, 6.45) is 3.21. The number of carbonyl (C=O) groups is 1. The summed E-state index contributed by atoms with van der Waals surface area (Å²) in [7, 11) is 0. The molecule has 2 N–H and O–H groups in total. The zero-order valence-electron chi connectivity index (χ0n) is 14.4. The molecule has 1 aliphatic heterocycles. The number of nitrogens with two attached hydrogens (primary N) is 1. The molecule has 1 amide bonds. The van der Waals surface area contributed by atoms with E-state index in [4.69, 9.17) is 5.73 Å². The first-order valence-electron chi connectivity index (χ1n) is 8.50. The molecule has 0 spiro atoms. The molecule has 3 nitrogen and oxygen atoms in total. The van der Waals surface area contributed by atoms with Gasteiger partial charge in [-0.3, -0.25) is 4.79 Å². The minimum Gasteiger partial charge on any atom is -0.342 e. The predicted octanol–water partition coefficient (Wildman–Crippen LogP) is 3.11. The normalized spacial score (nSPS) is 20.8. The molecule has 22 heavy (non-hydrogen) atoms. The molecule has 2 rings (SSSR count). The SMILES string of the molecule is CCc1ccc(C(C)(C)C(=O)N2CCCC(C(C)N)C2)cc1. The Morgan fingerprint density at radius 2 is 2.00 bits per heavy atom. The van der Waals surface area contributed by atoms with Crippen LogP contribution < -0.4 is 5.73 Å². The Kier molecular flexibility index (Phi) is 5.28. The van der Waals surface area contributed by atoms with Crippen LogP contribution in [-0.2, 0) is 16.6 Å². The molecular weight excluding hydrogens is 272 g/mol. The van der Waals surface area contributed by atoms with Gasteiger partial charge in [0.25, 0.3) is 0 Å². The van der Waals surface area contributed by atoms with E-state index in [2.05, 4.69) is 31.2 Å². The van der Waals surface area contributed by atoms with Gasteiger partial charge in [-0.25, -0.2) is 0 Å². The molecule has 1 aliphatic rings. The molecule has 3 heteroatoms. The first-order chi connectivity index (χ1) is 10.4. The van der Waals surface area contributed by atoms with Crippen LogP contribution in [0.1, 0.15) is 51.7 Å². The van der Waals surface area contributed by atoms with E-state index in [0.29, 0.717) is 5.92 Å². The van der Waals surface area contributed by atoms with Crippen molar-refractivity contribution in [2.75, 3.05) is 13.1 Å². The lowest BCUT2D eigenvalue weighted by atomic mass is 9.81. The van der Waals surface area contributed by atoms with E-state index in [9.17, 15) is 4.79 Å². The number of amides is 1. The summed E-state index contributed by atoms with van der Waals surface area (Å²) in [5, 5.41) is 0. The van der Waals surface area contributed by atoms with Gasteiger partial charge in [0, 0.05) is 19.1 Å². The molecule has 0 saturated carbocycles. The van der Waals surface area contributed by atoms with E-state index in [1.54, 1.807) is 0 Å². The van der Waals surface area contributed by atoms with Crippen molar-refractivity contribution in [3.63, 3.8) is 0 Å². The number of aryl methyl sites for hydroxylation is 1. The molecule has 1 aromatic rings. The summed E-state index contributed by atoms with van der Waals surface area (Å²) in [6.45, 7) is 9.92. The van der Waals surface area contributed by atoms with E-state index in [1.807, 2.05) is 25.7 Å². The van der Waals surface area contributed by atoms with Crippen molar-refractivity contribution in [1.82, 2.24) is 4.90 Å². The lowest BCUT2D eigenvalue weighted by Gasteiger charge is -2.39. The van der Waals surface area contributed by atoms with E-state index in [-0.39, 0.29) is 11.9 Å². The third kappa shape index (κ3) is 3.52. The minimum atomic E-state index is -0.480. The molecule has 1 aromatic carbocycles. The van der Waals surface area contributed by atoms with Crippen LogP contribution in [0, 0.1) is 5.92 Å². The Bertz CT molecular complexity index is 505. The number of likely N-dealkylation sites (tertiary alicyclic amines) is 1. The summed E-state index contributed by atoms with van der Waals surface area (Å²) in [5.74, 6) is 0.651. The third-order valence-electron chi connectivity index (χ3n) is 5.11. The number of piperidine rings is 1. The Morgan fingerprint density at radius 1 is 1.36 bits per heavy atom. The Balaban J connectivity index is 2.15. The van der Waals surface area contributed by atoms with E-state index in [1.165, 1.54) is 5.56 Å². The van der Waals surface area contributed by atoms with Gasteiger partial charge in [-0.15, -0.1) is 0 Å². The zero-order valence-corrected chi connectivity index (χ0v) is 14.4. The molecule has 2 atom stereocenters. The van der Waals surface area contributed by atoms with Crippen LogP contribution in [0.3, 0.4) is 0 Å². The van der Waals surface area contributed by atoms with Crippen LogP contribution in [0.5, 0.6) is 0 Å². The molecule has 0 radical (unpaired) electrons. The molecule has 2 unspecified atom stereocenters. The molecule has 122 valence electrons. The smallest absolute Gasteiger partial charge is 0.232 e. The van der Waals surface area contributed by atoms with Gasteiger partial charge in [-0.2, -0.15) is 0 Å². The summed E-state index contributed by atoms with van der Waals surface area (Å²) in [6, 6.07) is 8.62. The second kappa shape index (κ2) is 6.82. The maximum Gasteiger partial charge on any atom is 0.232 e. The third-order valence-corrected chi connectivity index (χ3v) is 5.11. The maximum absolute atomic E-state index is 13.0. The van der Waals surface area contributed by atoms with E-state index in [0.717, 1.165) is 37.9 Å². The van der Waals surface area contributed by atoms with Gasteiger partial charge in [-0.05, 0) is 57.1 Å². The fourth-order valence-corrected chi connectivity index (χ4v) is 3.30. The van der Waals surface area contributed by atoms with Crippen molar-refractivity contribution in [3.05, 3.63) is 35.4 Å². The first-order valence-corrected chi connectivity index (χ1v) is 8.50. The van der Waals surface area contributed by atoms with Crippen molar-refractivity contribution in [3.8, 4) is 0 Å². The first kappa shape index (κ1) is 17.0. The second-order valence-corrected chi connectivity index (χ2v) is 7.19. The zero-order chi connectivity index (χ0) is 16.3. The molecule has 0 aliphatic carbocycles. The van der Waals surface area contributed by atoms with Crippen molar-refractivity contribution in [1.29, 1.82) is 0 Å². The summed E-state index contributed by atoms with van der Waals surface area (Å²) in [4.78, 5) is 15.0. The highest BCUT2D eigenvalue weighted by Crippen LogP contribution is 2.29. The number of nitrogens with zero attached hydrogens (tertiary/aromatic N) is 1. The van der Waals surface area contributed by atoms with Crippen LogP contribution in [0.4, 0.5) is 0 Å². The van der Waals surface area contributed by atoms with Crippen LogP contribution in [0.15, 0.2) is 24.3 Å². The van der Waals surface area contributed by atoms with E-state index >= 15 is 0 Å². The van der Waals surface area contributed by atoms with Crippen molar-refractivity contribution in [2.24, 2.45) is 11.7 Å². The Labute approximate surface area is 134 Å². The summed E-state index contributed by atoms with van der Waals surface area (Å²) < 4.78 is 0. The van der Waals surface area contributed by atoms with Crippen LogP contribution >= 0.6 is 0 Å². The van der Waals surface area contributed by atoms with Gasteiger partial charge < -0.3 is 10.6 Å². The van der Waals surface area contributed by atoms with Crippen LogP contribution in [0.25, 0.3) is 0 Å². The monoisotopic (exact) mass is 302 g/mol. The topological polar surface area (TPSA) is 46.3 Å². The highest BCUT2D eigenvalue weighted by molar-refractivity contribution is 5.87. The number of hydrogen-bond donors (Lipinski definition) is 1. The van der Waals surface area contributed by atoms with Crippen molar-refractivity contribution in [2.45, 2.75) is 58.4 Å². The maximum atomic E-state index is 13.0. The molecule has 0 bridgehead atoms. The molecule has 1 saturated heterocycles. The van der Waals surface area contributed by atoms with Gasteiger partial charge in [0.05, 0.1) is 5.41 Å². The summed E-state index contributed by atoms with van der Waals surface area (Å²) >= 11 is 0. The highest BCUT2D eigenvalue weighted by Gasteiger charge is 2.36. The lowest BCUT2D eigenvalue weighted by molar-refractivity contribution is -0.138. The summed E-state index contributed by atoms with van der Waals surface area (Å²) in [5.41, 5.74) is 7.97. The quantitative estimate of drug-likeness (QED) is 0.929. The second-order valence-electron chi connectivity index (χ2n) is 7.19. The average molecular weight is 302 g/mol. The van der Waals surface area contributed by atoms with Crippen molar-refractivity contribution >= 4 is 5.91 Å². The van der Waals surface area contributed by atoms with Gasteiger partial charge in [-0.1, -0.05) is 31.2 Å².